The second kappa shape index (κ2) is 7.76. The van der Waals surface area contributed by atoms with Crippen molar-refractivity contribution in [3.8, 4) is 0 Å². The Hall–Kier alpha value is -1.37. The smallest absolute Gasteiger partial charge is 0.337 e. The minimum absolute atomic E-state index is 0.360. The molecular formula is C15H20ClN3O2S. The SMILES string of the molecule is COC(=O)c1ccc(Cl)c(NC(=S)NC2CCN(C)CC2)c1. The molecule has 0 atom stereocenters. The van der Waals surface area contributed by atoms with Crippen LogP contribution in [0.15, 0.2) is 18.2 Å². The Balaban J connectivity index is 1.97. The molecule has 0 unspecified atom stereocenters. The number of hydrogen-bond donors (Lipinski definition) is 2. The molecule has 120 valence electrons. The first-order valence-corrected chi connectivity index (χ1v) is 7.92. The number of carbonyl (C=O) groups excluding carboxylic acids is 1. The zero-order chi connectivity index (χ0) is 16.1. The van der Waals surface area contributed by atoms with Crippen LogP contribution in [0.5, 0.6) is 0 Å². The summed E-state index contributed by atoms with van der Waals surface area (Å²) < 4.78 is 4.70. The van der Waals surface area contributed by atoms with E-state index >= 15 is 0 Å². The molecule has 2 N–H and O–H groups in total. The topological polar surface area (TPSA) is 53.6 Å². The van der Waals surface area contributed by atoms with Gasteiger partial charge < -0.3 is 20.3 Å². The summed E-state index contributed by atoms with van der Waals surface area (Å²) >= 11 is 11.5. The number of likely N-dealkylation sites (tertiary alicyclic amines) is 1. The number of piperidine rings is 1. The average Bonchev–Trinajstić information content (AvgIpc) is 2.51. The molecule has 0 bridgehead atoms. The number of benzene rings is 1. The maximum atomic E-state index is 11.6. The fourth-order valence-corrected chi connectivity index (χ4v) is 2.80. The molecule has 0 radical (unpaired) electrons. The molecule has 7 heteroatoms. The van der Waals surface area contributed by atoms with E-state index in [0.717, 1.165) is 25.9 Å². The van der Waals surface area contributed by atoms with Gasteiger partial charge in [0.05, 0.1) is 23.4 Å². The lowest BCUT2D eigenvalue weighted by Crippen LogP contribution is -2.44. The second-order valence-electron chi connectivity index (χ2n) is 5.36. The number of halogens is 1. The van der Waals surface area contributed by atoms with E-state index in [1.807, 2.05) is 0 Å². The molecule has 1 aliphatic heterocycles. The van der Waals surface area contributed by atoms with Crippen molar-refractivity contribution in [2.75, 3.05) is 32.6 Å². The van der Waals surface area contributed by atoms with Crippen molar-refractivity contribution < 1.29 is 9.53 Å². The van der Waals surface area contributed by atoms with E-state index in [9.17, 15) is 4.79 Å². The first-order valence-electron chi connectivity index (χ1n) is 7.13. The van der Waals surface area contributed by atoms with Crippen molar-refractivity contribution in [2.24, 2.45) is 0 Å². The highest BCUT2D eigenvalue weighted by Crippen LogP contribution is 2.23. The highest BCUT2D eigenvalue weighted by Gasteiger charge is 2.17. The van der Waals surface area contributed by atoms with E-state index in [1.54, 1.807) is 18.2 Å². The molecule has 1 heterocycles. The van der Waals surface area contributed by atoms with E-state index in [4.69, 9.17) is 28.6 Å². The molecule has 22 heavy (non-hydrogen) atoms. The van der Waals surface area contributed by atoms with Crippen LogP contribution in [0.2, 0.25) is 5.02 Å². The van der Waals surface area contributed by atoms with Crippen molar-refractivity contribution in [3.05, 3.63) is 28.8 Å². The van der Waals surface area contributed by atoms with Gasteiger partial charge in [0.1, 0.15) is 0 Å². The van der Waals surface area contributed by atoms with Gasteiger partial charge in [0.15, 0.2) is 5.11 Å². The quantitative estimate of drug-likeness (QED) is 0.651. The van der Waals surface area contributed by atoms with Crippen LogP contribution in [0.25, 0.3) is 0 Å². The Bertz CT molecular complexity index is 560. The minimum atomic E-state index is -0.408. The summed E-state index contributed by atoms with van der Waals surface area (Å²) in [6.07, 6.45) is 2.10. The zero-order valence-electron chi connectivity index (χ0n) is 12.7. The van der Waals surface area contributed by atoms with Crippen molar-refractivity contribution in [2.45, 2.75) is 18.9 Å². The number of carbonyl (C=O) groups is 1. The van der Waals surface area contributed by atoms with Crippen LogP contribution in [-0.4, -0.2) is 49.3 Å². The molecule has 1 aliphatic rings. The van der Waals surface area contributed by atoms with Crippen LogP contribution < -0.4 is 10.6 Å². The van der Waals surface area contributed by atoms with Crippen molar-refractivity contribution >= 4 is 40.6 Å². The lowest BCUT2D eigenvalue weighted by molar-refractivity contribution is 0.0601. The summed E-state index contributed by atoms with van der Waals surface area (Å²) in [5.41, 5.74) is 1.02. The molecule has 1 fully saturated rings. The number of hydrogen-bond acceptors (Lipinski definition) is 4. The maximum Gasteiger partial charge on any atom is 0.337 e. The second-order valence-corrected chi connectivity index (χ2v) is 6.18. The Labute approximate surface area is 141 Å². The average molecular weight is 342 g/mol. The third-order valence-corrected chi connectivity index (χ3v) is 4.24. The van der Waals surface area contributed by atoms with Gasteiger partial charge in [-0.15, -0.1) is 0 Å². The van der Waals surface area contributed by atoms with Crippen LogP contribution in [0, 0.1) is 0 Å². The Morgan fingerprint density at radius 1 is 1.41 bits per heavy atom. The van der Waals surface area contributed by atoms with Crippen molar-refractivity contribution in [1.29, 1.82) is 0 Å². The molecule has 0 amide bonds. The minimum Gasteiger partial charge on any atom is -0.465 e. The van der Waals surface area contributed by atoms with E-state index < -0.39 is 5.97 Å². The first-order chi connectivity index (χ1) is 10.5. The number of rotatable bonds is 3. The van der Waals surface area contributed by atoms with E-state index in [0.29, 0.717) is 27.4 Å². The molecule has 5 nitrogen and oxygen atoms in total. The summed E-state index contributed by atoms with van der Waals surface area (Å²) in [4.78, 5) is 13.9. The molecule has 1 aromatic carbocycles. The van der Waals surface area contributed by atoms with Gasteiger partial charge in [-0.3, -0.25) is 0 Å². The largest absolute Gasteiger partial charge is 0.465 e. The fraction of sp³-hybridized carbons (Fsp3) is 0.467. The summed E-state index contributed by atoms with van der Waals surface area (Å²) in [6.45, 7) is 2.11. The summed E-state index contributed by atoms with van der Waals surface area (Å²) in [5, 5.41) is 7.36. The van der Waals surface area contributed by atoms with Gasteiger partial charge in [-0.05, 0) is 63.4 Å². The van der Waals surface area contributed by atoms with Crippen LogP contribution in [0.4, 0.5) is 5.69 Å². The third kappa shape index (κ3) is 4.56. The molecular weight excluding hydrogens is 322 g/mol. The summed E-state index contributed by atoms with van der Waals surface area (Å²) in [5.74, 6) is -0.408. The number of methoxy groups -OCH3 is 1. The van der Waals surface area contributed by atoms with Crippen LogP contribution in [0.3, 0.4) is 0 Å². The van der Waals surface area contributed by atoms with E-state index in [2.05, 4.69) is 22.6 Å². The van der Waals surface area contributed by atoms with Gasteiger partial charge in [0.2, 0.25) is 0 Å². The standard InChI is InChI=1S/C15H20ClN3O2S/c1-19-7-5-11(6-8-19)17-15(22)18-13-9-10(14(20)21-2)3-4-12(13)16/h3-4,9,11H,5-8H2,1-2H3,(H2,17,18,22). The lowest BCUT2D eigenvalue weighted by Gasteiger charge is -2.30. The molecule has 1 aromatic rings. The van der Waals surface area contributed by atoms with Gasteiger partial charge >= 0.3 is 5.97 Å². The Kier molecular flexibility index (Phi) is 5.99. The predicted octanol–water partition coefficient (Wildman–Crippen LogP) is 2.51. The van der Waals surface area contributed by atoms with E-state index in [1.165, 1.54) is 7.11 Å². The molecule has 0 spiro atoms. The lowest BCUT2D eigenvalue weighted by atomic mass is 10.1. The van der Waals surface area contributed by atoms with Crippen molar-refractivity contribution in [1.82, 2.24) is 10.2 Å². The number of anilines is 1. The zero-order valence-corrected chi connectivity index (χ0v) is 14.3. The molecule has 2 rings (SSSR count). The monoisotopic (exact) mass is 341 g/mol. The number of esters is 1. The highest BCUT2D eigenvalue weighted by molar-refractivity contribution is 7.80. The number of thiocarbonyl (C=S) groups is 1. The fourth-order valence-electron chi connectivity index (χ4n) is 2.36. The first kappa shape index (κ1) is 17.0. The Morgan fingerprint density at radius 2 is 2.09 bits per heavy atom. The molecule has 0 saturated carbocycles. The summed E-state index contributed by atoms with van der Waals surface area (Å²) in [6, 6.07) is 5.26. The van der Waals surface area contributed by atoms with Gasteiger partial charge in [0, 0.05) is 6.04 Å². The third-order valence-electron chi connectivity index (χ3n) is 3.69. The number of nitrogens with zero attached hydrogens (tertiary/aromatic N) is 1. The normalized spacial score (nSPS) is 16.1. The molecule has 1 saturated heterocycles. The molecule has 0 aromatic heterocycles. The van der Waals surface area contributed by atoms with Crippen LogP contribution >= 0.6 is 23.8 Å². The maximum absolute atomic E-state index is 11.6. The van der Waals surface area contributed by atoms with Crippen LogP contribution in [0.1, 0.15) is 23.2 Å². The van der Waals surface area contributed by atoms with Gasteiger partial charge in [-0.2, -0.15) is 0 Å². The Morgan fingerprint density at radius 3 is 2.73 bits per heavy atom. The van der Waals surface area contributed by atoms with Crippen molar-refractivity contribution in [3.63, 3.8) is 0 Å². The number of nitrogens with one attached hydrogen (secondary N) is 2. The van der Waals surface area contributed by atoms with E-state index in [-0.39, 0.29) is 0 Å². The highest BCUT2D eigenvalue weighted by atomic mass is 35.5. The van der Waals surface area contributed by atoms with Gasteiger partial charge in [-0.25, -0.2) is 4.79 Å². The van der Waals surface area contributed by atoms with Gasteiger partial charge in [0.25, 0.3) is 0 Å². The number of ether oxygens (including phenoxy) is 1. The van der Waals surface area contributed by atoms with Gasteiger partial charge in [-0.1, -0.05) is 11.6 Å². The van der Waals surface area contributed by atoms with Crippen LogP contribution in [-0.2, 0) is 4.74 Å². The predicted molar refractivity (Wildman–Crippen MR) is 92.7 cm³/mol. The summed E-state index contributed by atoms with van der Waals surface area (Å²) in [7, 11) is 3.46. The molecule has 0 aliphatic carbocycles.